The Bertz CT molecular complexity index is 966. The summed E-state index contributed by atoms with van der Waals surface area (Å²) in [4.78, 5) is 28.3. The number of ether oxygens (including phenoxy) is 1. The number of H-pyrrole nitrogens is 1. The van der Waals surface area contributed by atoms with E-state index in [1.54, 1.807) is 0 Å². The molecule has 0 bridgehead atoms. The van der Waals surface area contributed by atoms with Gasteiger partial charge in [-0.05, 0) is 29.5 Å². The zero-order valence-corrected chi connectivity index (χ0v) is 17.5. The minimum Gasteiger partial charge on any atom is -0.449 e. The van der Waals surface area contributed by atoms with E-state index in [9.17, 15) is 9.59 Å². The molecule has 0 radical (unpaired) electrons. The second-order valence-corrected chi connectivity index (χ2v) is 7.78. The molecule has 3 N–H and O–H groups in total. The van der Waals surface area contributed by atoms with Crippen molar-refractivity contribution in [2.45, 2.75) is 32.7 Å². The van der Waals surface area contributed by atoms with Crippen molar-refractivity contribution in [3.05, 3.63) is 71.9 Å². The Kier molecular flexibility index (Phi) is 7.49. The maximum atomic E-state index is 12.9. The first-order valence-electron chi connectivity index (χ1n) is 10.3. The number of benzene rings is 2. The zero-order chi connectivity index (χ0) is 21.3. The summed E-state index contributed by atoms with van der Waals surface area (Å²) in [7, 11) is 0. The van der Waals surface area contributed by atoms with E-state index >= 15 is 0 Å². The number of para-hydroxylation sites is 1. The van der Waals surface area contributed by atoms with E-state index in [4.69, 9.17) is 4.74 Å². The molecule has 0 aliphatic heterocycles. The van der Waals surface area contributed by atoms with E-state index < -0.39 is 12.1 Å². The summed E-state index contributed by atoms with van der Waals surface area (Å²) in [6, 6.07) is 17.1. The van der Waals surface area contributed by atoms with Crippen molar-refractivity contribution < 1.29 is 14.3 Å². The summed E-state index contributed by atoms with van der Waals surface area (Å²) in [6.07, 6.45) is 2.41. The van der Waals surface area contributed by atoms with Crippen molar-refractivity contribution in [2.75, 3.05) is 13.2 Å². The van der Waals surface area contributed by atoms with Crippen molar-refractivity contribution in [3.8, 4) is 0 Å². The van der Waals surface area contributed by atoms with Gasteiger partial charge in [0.05, 0.1) is 6.61 Å². The van der Waals surface area contributed by atoms with Crippen molar-refractivity contribution in [1.29, 1.82) is 0 Å². The van der Waals surface area contributed by atoms with E-state index in [0.29, 0.717) is 19.6 Å². The molecule has 6 nitrogen and oxygen atoms in total. The summed E-state index contributed by atoms with van der Waals surface area (Å²) < 4.78 is 5.23. The number of fused-ring (bicyclic) bond motifs is 1. The number of carbonyl (C=O) groups excluding carboxylic acids is 2. The molecule has 1 heterocycles. The molecular formula is C24H29N3O3. The first-order chi connectivity index (χ1) is 14.5. The lowest BCUT2D eigenvalue weighted by Gasteiger charge is -2.19. The highest BCUT2D eigenvalue weighted by atomic mass is 16.5. The normalized spacial score (nSPS) is 12.0. The molecule has 3 rings (SSSR count). The number of alkyl carbamates (subject to hydrolysis) is 1. The Morgan fingerprint density at radius 1 is 1.03 bits per heavy atom. The number of amides is 2. The Morgan fingerprint density at radius 3 is 2.53 bits per heavy atom. The quantitative estimate of drug-likeness (QED) is 0.504. The van der Waals surface area contributed by atoms with Crippen LogP contribution in [0, 0.1) is 5.92 Å². The molecule has 0 aliphatic rings. The Hall–Kier alpha value is -3.28. The van der Waals surface area contributed by atoms with Crippen molar-refractivity contribution in [1.82, 2.24) is 15.6 Å². The average Bonchev–Trinajstić information content (AvgIpc) is 3.15. The van der Waals surface area contributed by atoms with Gasteiger partial charge in [0.25, 0.3) is 0 Å². The van der Waals surface area contributed by atoms with Crippen LogP contribution in [0.1, 0.15) is 25.0 Å². The van der Waals surface area contributed by atoms with E-state index in [0.717, 1.165) is 28.5 Å². The highest BCUT2D eigenvalue weighted by Crippen LogP contribution is 2.19. The summed E-state index contributed by atoms with van der Waals surface area (Å²) in [5.41, 5.74) is 3.12. The first kappa shape index (κ1) is 21.4. The fourth-order valence-corrected chi connectivity index (χ4v) is 3.25. The van der Waals surface area contributed by atoms with Gasteiger partial charge in [-0.15, -0.1) is 0 Å². The standard InChI is InChI=1S/C24H29N3O3/c1-17(2)16-30-24(29)27-22(14-19-15-26-21-11-7-6-10-20(19)21)23(28)25-13-12-18-8-4-3-5-9-18/h3-11,15,17,22,26H,12-14,16H2,1-2H3,(H,25,28)(H,27,29)/t22-/m0/s1. The Balaban J connectivity index is 1.66. The van der Waals surface area contributed by atoms with Gasteiger partial charge < -0.3 is 20.4 Å². The van der Waals surface area contributed by atoms with Gasteiger partial charge in [0, 0.05) is 30.1 Å². The largest absolute Gasteiger partial charge is 0.449 e. The van der Waals surface area contributed by atoms with Crippen LogP contribution in [-0.2, 0) is 22.4 Å². The van der Waals surface area contributed by atoms with Crippen LogP contribution < -0.4 is 10.6 Å². The van der Waals surface area contributed by atoms with Crippen LogP contribution in [0.5, 0.6) is 0 Å². The van der Waals surface area contributed by atoms with Gasteiger partial charge in [-0.3, -0.25) is 4.79 Å². The predicted molar refractivity (Wildman–Crippen MR) is 118 cm³/mol. The van der Waals surface area contributed by atoms with E-state index in [1.165, 1.54) is 0 Å². The van der Waals surface area contributed by atoms with Crippen LogP contribution in [0.3, 0.4) is 0 Å². The smallest absolute Gasteiger partial charge is 0.407 e. The number of rotatable bonds is 9. The van der Waals surface area contributed by atoms with Crippen LogP contribution in [0.25, 0.3) is 10.9 Å². The third-order valence-corrected chi connectivity index (χ3v) is 4.81. The molecule has 3 aromatic rings. The van der Waals surface area contributed by atoms with Gasteiger partial charge in [0.15, 0.2) is 0 Å². The van der Waals surface area contributed by atoms with E-state index in [2.05, 4.69) is 15.6 Å². The highest BCUT2D eigenvalue weighted by Gasteiger charge is 2.23. The fourth-order valence-electron chi connectivity index (χ4n) is 3.25. The number of hydrogen-bond donors (Lipinski definition) is 3. The van der Waals surface area contributed by atoms with Gasteiger partial charge >= 0.3 is 6.09 Å². The molecule has 2 aromatic carbocycles. The predicted octanol–water partition coefficient (Wildman–Crippen LogP) is 3.82. The average molecular weight is 408 g/mol. The van der Waals surface area contributed by atoms with Gasteiger partial charge in [-0.25, -0.2) is 4.79 Å². The van der Waals surface area contributed by atoms with E-state index in [1.807, 2.05) is 74.6 Å². The molecule has 0 spiro atoms. The number of aromatic nitrogens is 1. The number of nitrogens with one attached hydrogen (secondary N) is 3. The van der Waals surface area contributed by atoms with Gasteiger partial charge in [0.1, 0.15) is 6.04 Å². The molecule has 158 valence electrons. The number of carbonyl (C=O) groups is 2. The summed E-state index contributed by atoms with van der Waals surface area (Å²) in [6.45, 7) is 4.73. The Labute approximate surface area is 177 Å². The number of aromatic amines is 1. The maximum Gasteiger partial charge on any atom is 0.407 e. The maximum absolute atomic E-state index is 12.9. The highest BCUT2D eigenvalue weighted by molar-refractivity contribution is 5.88. The lowest BCUT2D eigenvalue weighted by Crippen LogP contribution is -2.48. The lowest BCUT2D eigenvalue weighted by molar-refractivity contribution is -0.123. The third-order valence-electron chi connectivity index (χ3n) is 4.81. The molecule has 0 unspecified atom stereocenters. The summed E-state index contributed by atoms with van der Waals surface area (Å²) >= 11 is 0. The minimum atomic E-state index is -0.723. The zero-order valence-electron chi connectivity index (χ0n) is 17.5. The molecule has 2 amide bonds. The molecule has 0 saturated heterocycles. The second-order valence-electron chi connectivity index (χ2n) is 7.78. The SMILES string of the molecule is CC(C)COC(=O)N[C@@H](Cc1c[nH]c2ccccc12)C(=O)NCCc1ccccc1. The van der Waals surface area contributed by atoms with Crippen LogP contribution in [-0.4, -0.2) is 36.2 Å². The molecule has 1 aromatic heterocycles. The monoisotopic (exact) mass is 407 g/mol. The van der Waals surface area contributed by atoms with Crippen LogP contribution in [0.4, 0.5) is 4.79 Å². The van der Waals surface area contributed by atoms with Crippen LogP contribution in [0.15, 0.2) is 60.8 Å². The topological polar surface area (TPSA) is 83.2 Å². The fraction of sp³-hybridized carbons (Fsp3) is 0.333. The molecular weight excluding hydrogens is 378 g/mol. The summed E-state index contributed by atoms with van der Waals surface area (Å²) in [5.74, 6) is 0.000209. The number of hydrogen-bond acceptors (Lipinski definition) is 3. The van der Waals surface area contributed by atoms with Gasteiger partial charge in [-0.2, -0.15) is 0 Å². The first-order valence-corrected chi connectivity index (χ1v) is 10.3. The molecule has 1 atom stereocenters. The molecule has 0 saturated carbocycles. The van der Waals surface area contributed by atoms with E-state index in [-0.39, 0.29) is 11.8 Å². The van der Waals surface area contributed by atoms with Crippen molar-refractivity contribution in [2.24, 2.45) is 5.92 Å². The van der Waals surface area contributed by atoms with Gasteiger partial charge in [0.2, 0.25) is 5.91 Å². The van der Waals surface area contributed by atoms with Crippen molar-refractivity contribution in [3.63, 3.8) is 0 Å². The summed E-state index contributed by atoms with van der Waals surface area (Å²) in [5, 5.41) is 6.72. The molecule has 0 aliphatic carbocycles. The molecule has 6 heteroatoms. The second kappa shape index (κ2) is 10.5. The van der Waals surface area contributed by atoms with Crippen LogP contribution in [0.2, 0.25) is 0 Å². The molecule has 30 heavy (non-hydrogen) atoms. The van der Waals surface area contributed by atoms with Crippen molar-refractivity contribution >= 4 is 22.9 Å². The third kappa shape index (κ3) is 6.11. The van der Waals surface area contributed by atoms with Crippen LogP contribution >= 0.6 is 0 Å². The minimum absolute atomic E-state index is 0.224. The molecule has 0 fully saturated rings. The Morgan fingerprint density at radius 2 is 1.77 bits per heavy atom. The van der Waals surface area contributed by atoms with Gasteiger partial charge in [-0.1, -0.05) is 62.4 Å². The lowest BCUT2D eigenvalue weighted by atomic mass is 10.0.